The summed E-state index contributed by atoms with van der Waals surface area (Å²) in [6.07, 6.45) is 0.171. The number of anilines is 1. The SMILES string of the molecule is CCOc1ccc(C(=O)Nc2ccc(CC(N)=O)cc2)cc1OCC. The molecule has 0 spiro atoms. The van der Waals surface area contributed by atoms with Crippen LogP contribution >= 0.6 is 0 Å². The summed E-state index contributed by atoms with van der Waals surface area (Å²) in [6.45, 7) is 4.75. The van der Waals surface area contributed by atoms with E-state index in [4.69, 9.17) is 15.2 Å². The average Bonchev–Trinajstić information content (AvgIpc) is 2.58. The van der Waals surface area contributed by atoms with Crippen LogP contribution in [0, 0.1) is 0 Å². The van der Waals surface area contributed by atoms with E-state index in [0.29, 0.717) is 36.0 Å². The highest BCUT2D eigenvalue weighted by Crippen LogP contribution is 2.28. The van der Waals surface area contributed by atoms with Crippen molar-refractivity contribution < 1.29 is 19.1 Å². The molecule has 6 heteroatoms. The van der Waals surface area contributed by atoms with Crippen LogP contribution in [0.4, 0.5) is 5.69 Å². The molecule has 2 rings (SSSR count). The largest absolute Gasteiger partial charge is 0.490 e. The summed E-state index contributed by atoms with van der Waals surface area (Å²) in [6, 6.07) is 12.0. The van der Waals surface area contributed by atoms with Crippen molar-refractivity contribution in [2.24, 2.45) is 5.73 Å². The Labute approximate surface area is 146 Å². The summed E-state index contributed by atoms with van der Waals surface area (Å²) in [5.74, 6) is 0.492. The van der Waals surface area contributed by atoms with Gasteiger partial charge in [-0.2, -0.15) is 0 Å². The van der Waals surface area contributed by atoms with Crippen molar-refractivity contribution >= 4 is 17.5 Å². The molecule has 2 aromatic carbocycles. The molecule has 0 saturated heterocycles. The van der Waals surface area contributed by atoms with Crippen molar-refractivity contribution in [3.05, 3.63) is 53.6 Å². The van der Waals surface area contributed by atoms with Crippen molar-refractivity contribution in [2.45, 2.75) is 20.3 Å². The fourth-order valence-corrected chi connectivity index (χ4v) is 2.30. The lowest BCUT2D eigenvalue weighted by atomic mass is 10.1. The summed E-state index contributed by atoms with van der Waals surface area (Å²) < 4.78 is 11.0. The number of hydrogen-bond donors (Lipinski definition) is 2. The third-order valence-electron chi connectivity index (χ3n) is 3.40. The highest BCUT2D eigenvalue weighted by molar-refractivity contribution is 6.04. The van der Waals surface area contributed by atoms with Gasteiger partial charge in [0.25, 0.3) is 5.91 Å². The first kappa shape index (κ1) is 18.3. The molecule has 0 aliphatic heterocycles. The number of primary amides is 1. The minimum absolute atomic E-state index is 0.171. The fraction of sp³-hybridized carbons (Fsp3) is 0.263. The zero-order chi connectivity index (χ0) is 18.2. The van der Waals surface area contributed by atoms with E-state index in [0.717, 1.165) is 5.56 Å². The van der Waals surface area contributed by atoms with Crippen molar-refractivity contribution in [2.75, 3.05) is 18.5 Å². The van der Waals surface area contributed by atoms with Crippen molar-refractivity contribution in [1.29, 1.82) is 0 Å². The zero-order valence-corrected chi connectivity index (χ0v) is 14.4. The molecule has 0 aliphatic carbocycles. The molecule has 0 unspecified atom stereocenters. The van der Waals surface area contributed by atoms with Crippen LogP contribution in [0.5, 0.6) is 11.5 Å². The van der Waals surface area contributed by atoms with E-state index in [1.807, 2.05) is 13.8 Å². The molecule has 0 fully saturated rings. The summed E-state index contributed by atoms with van der Waals surface area (Å²) in [5, 5.41) is 2.81. The number of carbonyl (C=O) groups excluding carboxylic acids is 2. The quantitative estimate of drug-likeness (QED) is 0.772. The Morgan fingerprint density at radius 3 is 2.20 bits per heavy atom. The second-order valence-electron chi connectivity index (χ2n) is 5.32. The molecule has 0 saturated carbocycles. The van der Waals surface area contributed by atoms with Gasteiger partial charge < -0.3 is 20.5 Å². The highest BCUT2D eigenvalue weighted by Gasteiger charge is 2.12. The zero-order valence-electron chi connectivity index (χ0n) is 14.4. The van der Waals surface area contributed by atoms with Gasteiger partial charge in [0.15, 0.2) is 11.5 Å². The summed E-state index contributed by atoms with van der Waals surface area (Å²) in [4.78, 5) is 23.3. The number of carbonyl (C=O) groups is 2. The Hall–Kier alpha value is -3.02. The van der Waals surface area contributed by atoms with Gasteiger partial charge in [0.2, 0.25) is 5.91 Å². The molecular weight excluding hydrogens is 320 g/mol. The predicted octanol–water partition coefficient (Wildman–Crippen LogP) is 2.76. The maximum atomic E-state index is 12.4. The van der Waals surface area contributed by atoms with Crippen LogP contribution in [-0.2, 0) is 11.2 Å². The molecule has 0 aromatic heterocycles. The lowest BCUT2D eigenvalue weighted by Gasteiger charge is -2.12. The Morgan fingerprint density at radius 2 is 1.60 bits per heavy atom. The first-order valence-electron chi connectivity index (χ1n) is 8.11. The number of amides is 2. The van der Waals surface area contributed by atoms with Crippen molar-refractivity contribution in [3.8, 4) is 11.5 Å². The summed E-state index contributed by atoms with van der Waals surface area (Å²) in [7, 11) is 0. The van der Waals surface area contributed by atoms with E-state index in [-0.39, 0.29) is 12.3 Å². The van der Waals surface area contributed by atoms with E-state index in [2.05, 4.69) is 5.32 Å². The van der Waals surface area contributed by atoms with Crippen LogP contribution in [0.3, 0.4) is 0 Å². The summed E-state index contributed by atoms with van der Waals surface area (Å²) in [5.41, 5.74) is 7.05. The Balaban J connectivity index is 2.11. The average molecular weight is 342 g/mol. The number of benzene rings is 2. The number of rotatable bonds is 8. The molecule has 0 radical (unpaired) electrons. The first-order valence-corrected chi connectivity index (χ1v) is 8.11. The topological polar surface area (TPSA) is 90.6 Å². The van der Waals surface area contributed by atoms with E-state index < -0.39 is 5.91 Å². The molecule has 2 aromatic rings. The minimum atomic E-state index is -0.394. The Bertz CT molecular complexity index is 742. The second-order valence-corrected chi connectivity index (χ2v) is 5.32. The third kappa shape index (κ3) is 5.24. The minimum Gasteiger partial charge on any atom is -0.490 e. The molecule has 6 nitrogen and oxygen atoms in total. The van der Waals surface area contributed by atoms with E-state index in [1.165, 1.54) is 0 Å². The van der Waals surface area contributed by atoms with Crippen LogP contribution in [0.1, 0.15) is 29.8 Å². The van der Waals surface area contributed by atoms with Gasteiger partial charge in [-0.25, -0.2) is 0 Å². The predicted molar refractivity (Wildman–Crippen MR) is 96.1 cm³/mol. The molecule has 2 amide bonds. The maximum Gasteiger partial charge on any atom is 0.255 e. The normalized spacial score (nSPS) is 10.2. The van der Waals surface area contributed by atoms with Crippen molar-refractivity contribution in [1.82, 2.24) is 0 Å². The lowest BCUT2D eigenvalue weighted by molar-refractivity contribution is -0.117. The molecule has 0 atom stereocenters. The number of ether oxygens (including phenoxy) is 2. The van der Waals surface area contributed by atoms with E-state index in [9.17, 15) is 9.59 Å². The second kappa shape index (κ2) is 8.73. The van der Waals surface area contributed by atoms with E-state index >= 15 is 0 Å². The molecule has 3 N–H and O–H groups in total. The number of nitrogens with one attached hydrogen (secondary N) is 1. The van der Waals surface area contributed by atoms with Crippen LogP contribution < -0.4 is 20.5 Å². The standard InChI is InChI=1S/C19H22N2O4/c1-3-24-16-10-7-14(12-17(16)25-4-2)19(23)21-15-8-5-13(6-9-15)11-18(20)22/h5-10,12H,3-4,11H2,1-2H3,(H2,20,22)(H,21,23). The van der Waals surface area contributed by atoms with Crippen LogP contribution in [0.2, 0.25) is 0 Å². The molecule has 25 heavy (non-hydrogen) atoms. The summed E-state index contributed by atoms with van der Waals surface area (Å²) >= 11 is 0. The first-order chi connectivity index (χ1) is 12.0. The van der Waals surface area contributed by atoms with Gasteiger partial charge in [-0.15, -0.1) is 0 Å². The molecule has 0 heterocycles. The fourth-order valence-electron chi connectivity index (χ4n) is 2.30. The lowest BCUT2D eigenvalue weighted by Crippen LogP contribution is -2.14. The monoisotopic (exact) mass is 342 g/mol. The number of hydrogen-bond acceptors (Lipinski definition) is 4. The Morgan fingerprint density at radius 1 is 0.960 bits per heavy atom. The van der Waals surface area contributed by atoms with Gasteiger partial charge in [0, 0.05) is 11.3 Å². The molecule has 0 aliphatic rings. The van der Waals surface area contributed by atoms with Gasteiger partial charge in [-0.05, 0) is 49.7 Å². The smallest absolute Gasteiger partial charge is 0.255 e. The van der Waals surface area contributed by atoms with Gasteiger partial charge >= 0.3 is 0 Å². The molecular formula is C19H22N2O4. The maximum absolute atomic E-state index is 12.4. The molecule has 132 valence electrons. The highest BCUT2D eigenvalue weighted by atomic mass is 16.5. The van der Waals surface area contributed by atoms with Gasteiger partial charge in [-0.3, -0.25) is 9.59 Å². The van der Waals surface area contributed by atoms with Crippen LogP contribution in [0.15, 0.2) is 42.5 Å². The van der Waals surface area contributed by atoms with Crippen LogP contribution in [0.25, 0.3) is 0 Å². The van der Waals surface area contributed by atoms with Gasteiger partial charge in [0.1, 0.15) is 0 Å². The van der Waals surface area contributed by atoms with Gasteiger partial charge in [0.05, 0.1) is 19.6 Å². The number of nitrogens with two attached hydrogens (primary N) is 1. The van der Waals surface area contributed by atoms with Gasteiger partial charge in [-0.1, -0.05) is 12.1 Å². The van der Waals surface area contributed by atoms with Crippen molar-refractivity contribution in [3.63, 3.8) is 0 Å². The van der Waals surface area contributed by atoms with Crippen LogP contribution in [-0.4, -0.2) is 25.0 Å². The Kier molecular flexibility index (Phi) is 6.39. The molecule has 0 bridgehead atoms. The van der Waals surface area contributed by atoms with E-state index in [1.54, 1.807) is 42.5 Å². The third-order valence-corrected chi connectivity index (χ3v) is 3.40.